The number of nitrogens with one attached hydrogen (secondary N) is 1. The third-order valence-electron chi connectivity index (χ3n) is 11.3. The monoisotopic (exact) mass is 493 g/mol. The zero-order valence-electron chi connectivity index (χ0n) is 20.6. The van der Waals surface area contributed by atoms with Crippen LogP contribution in [0.2, 0.25) is 0 Å². The highest BCUT2D eigenvalue weighted by atomic mass is 16.7. The first-order valence-electron chi connectivity index (χ1n) is 12.4. The number of hydrogen-bond donors (Lipinski definition) is 7. The second kappa shape index (κ2) is 5.96. The number of ether oxygens (including phenoxy) is 2. The van der Waals surface area contributed by atoms with Gasteiger partial charge in [-0.05, 0) is 43.7 Å². The Balaban J connectivity index is 1.69. The summed E-state index contributed by atoms with van der Waals surface area (Å²) in [4.78, 5) is 15.9. The van der Waals surface area contributed by atoms with Gasteiger partial charge in [0.15, 0.2) is 17.5 Å². The molecule has 2 aliphatic heterocycles. The van der Waals surface area contributed by atoms with Crippen LogP contribution < -0.4 is 0 Å². The molecule has 0 amide bonds. The van der Waals surface area contributed by atoms with Crippen molar-refractivity contribution < 1.29 is 44.9 Å². The summed E-state index contributed by atoms with van der Waals surface area (Å²) in [5.41, 5.74) is -15.2. The lowest BCUT2D eigenvalue weighted by Crippen LogP contribution is -2.75. The first-order valence-corrected chi connectivity index (χ1v) is 12.4. The number of rotatable bonds is 3. The molecule has 194 valence electrons. The third kappa shape index (κ3) is 1.74. The topological polar surface area (TPSA) is 173 Å². The lowest BCUT2D eigenvalue weighted by molar-refractivity contribution is -0.390. The molecule has 7 rings (SSSR count). The second-order valence-corrected chi connectivity index (χ2v) is 12.4. The summed E-state index contributed by atoms with van der Waals surface area (Å²) in [6.07, 6.45) is -1.63. The Morgan fingerprint density at radius 1 is 1.20 bits per heavy atom. The standard InChI is InChI=1S/C25H35NO9/c1-12(2)22(31)17(34-16(28)14-7-6-10-26-14)23(32)18(4)11-21(30)19(22,5)25(23,33)24(35-21)15(27)13(3)8-9-20(18,24)29/h6-7,10,12-13,15,17,26-27,29-33H,8-9,11H2,1-5H3/t13-,15-,17+,18+,19-,20-,21-,22+,23-,24+,25+/m1/s1. The van der Waals surface area contributed by atoms with E-state index < -0.39 is 74.6 Å². The van der Waals surface area contributed by atoms with Crippen molar-refractivity contribution in [3.8, 4) is 0 Å². The van der Waals surface area contributed by atoms with E-state index in [1.807, 2.05) is 0 Å². The van der Waals surface area contributed by atoms with E-state index in [-0.39, 0.29) is 18.5 Å². The van der Waals surface area contributed by atoms with Crippen molar-refractivity contribution in [1.82, 2.24) is 4.98 Å². The van der Waals surface area contributed by atoms with Gasteiger partial charge in [-0.3, -0.25) is 0 Å². The van der Waals surface area contributed by atoms with Gasteiger partial charge in [0.05, 0.1) is 11.5 Å². The number of H-pyrrole nitrogens is 1. The van der Waals surface area contributed by atoms with Gasteiger partial charge in [0.1, 0.15) is 28.1 Å². The van der Waals surface area contributed by atoms with E-state index >= 15 is 0 Å². The Kier molecular flexibility index (Phi) is 4.06. The van der Waals surface area contributed by atoms with Crippen LogP contribution in [0.15, 0.2) is 18.3 Å². The third-order valence-corrected chi connectivity index (χ3v) is 11.3. The highest BCUT2D eigenvalue weighted by Gasteiger charge is 3.10. The molecule has 10 nitrogen and oxygen atoms in total. The van der Waals surface area contributed by atoms with Crippen LogP contribution in [0, 0.1) is 22.7 Å². The van der Waals surface area contributed by atoms with Crippen LogP contribution >= 0.6 is 0 Å². The van der Waals surface area contributed by atoms with Gasteiger partial charge in [-0.2, -0.15) is 0 Å². The molecule has 1 aromatic heterocycles. The first-order chi connectivity index (χ1) is 16.0. The number of carbonyl (C=O) groups excluding carboxylic acids is 1. The molecule has 2 saturated heterocycles. The molecule has 6 aliphatic rings. The molecule has 11 atom stereocenters. The summed E-state index contributed by atoms with van der Waals surface area (Å²) in [5, 5.41) is 73.9. The van der Waals surface area contributed by atoms with Crippen LogP contribution in [0.4, 0.5) is 0 Å². The predicted octanol–water partition coefficient (Wildman–Crippen LogP) is -0.188. The molecule has 1 aromatic rings. The van der Waals surface area contributed by atoms with Crippen molar-refractivity contribution in [2.45, 2.75) is 99.9 Å². The number of aliphatic hydroxyl groups excluding tert-OH is 1. The van der Waals surface area contributed by atoms with Crippen LogP contribution in [-0.4, -0.2) is 87.6 Å². The summed E-state index contributed by atoms with van der Waals surface area (Å²) in [7, 11) is 0. The normalized spacial score (nSPS) is 59.8. The lowest BCUT2D eigenvalue weighted by atomic mass is 9.52. The number of hydrogen-bond acceptors (Lipinski definition) is 9. The molecule has 4 aliphatic carbocycles. The van der Waals surface area contributed by atoms with Crippen LogP contribution in [0.1, 0.15) is 64.4 Å². The molecule has 4 saturated carbocycles. The van der Waals surface area contributed by atoms with Gasteiger partial charge < -0.3 is 45.1 Å². The molecule has 0 unspecified atom stereocenters. The van der Waals surface area contributed by atoms with Gasteiger partial charge in [-0.1, -0.05) is 27.7 Å². The maximum absolute atomic E-state index is 13.2. The molecule has 0 aromatic carbocycles. The fourth-order valence-electron chi connectivity index (χ4n) is 9.56. The Labute approximate surface area is 202 Å². The van der Waals surface area contributed by atoms with Crippen LogP contribution in [0.25, 0.3) is 0 Å². The van der Waals surface area contributed by atoms with Crippen molar-refractivity contribution in [2.75, 3.05) is 0 Å². The van der Waals surface area contributed by atoms with E-state index in [1.54, 1.807) is 26.8 Å². The van der Waals surface area contributed by atoms with Crippen LogP contribution in [0.3, 0.4) is 0 Å². The Morgan fingerprint density at radius 2 is 1.86 bits per heavy atom. The molecular formula is C25H35NO9. The summed E-state index contributed by atoms with van der Waals surface area (Å²) < 4.78 is 12.1. The Bertz CT molecular complexity index is 1130. The number of aromatic nitrogens is 1. The molecule has 0 radical (unpaired) electrons. The van der Waals surface area contributed by atoms with Crippen LogP contribution in [-0.2, 0) is 9.47 Å². The smallest absolute Gasteiger partial charge is 0.355 e. The van der Waals surface area contributed by atoms with E-state index in [0.717, 1.165) is 0 Å². The van der Waals surface area contributed by atoms with Crippen molar-refractivity contribution in [1.29, 1.82) is 0 Å². The molecule has 6 fully saturated rings. The van der Waals surface area contributed by atoms with Gasteiger partial charge >= 0.3 is 5.97 Å². The molecular weight excluding hydrogens is 458 g/mol. The first kappa shape index (κ1) is 23.8. The molecule has 6 bridgehead atoms. The maximum Gasteiger partial charge on any atom is 0.355 e. The van der Waals surface area contributed by atoms with Crippen molar-refractivity contribution >= 4 is 5.97 Å². The Morgan fingerprint density at radius 3 is 2.43 bits per heavy atom. The zero-order valence-corrected chi connectivity index (χ0v) is 20.6. The van der Waals surface area contributed by atoms with Gasteiger partial charge in [0.25, 0.3) is 0 Å². The average Bonchev–Trinajstić information content (AvgIpc) is 3.41. The fraction of sp³-hybridized carbons (Fsp3) is 0.800. The van der Waals surface area contributed by atoms with E-state index in [2.05, 4.69) is 4.98 Å². The SMILES string of the molecule is CC(C)[C@]1(O)[C@H](OC(=O)c2ccc[nH]2)[C@@]2(O)[C@@]3(C)C[C@@]4(O)O[C@]5([C@H](O)[C@H](C)CC[C@@]35O)[C@]2(O)[C@]41C. The lowest BCUT2D eigenvalue weighted by Gasteiger charge is -2.60. The van der Waals surface area contributed by atoms with Gasteiger partial charge in [-0.25, -0.2) is 4.79 Å². The van der Waals surface area contributed by atoms with Crippen molar-refractivity contribution in [3.05, 3.63) is 24.0 Å². The minimum absolute atomic E-state index is 0.0654. The fourth-order valence-corrected chi connectivity index (χ4v) is 9.56. The minimum atomic E-state index is -2.59. The molecule has 10 heteroatoms. The van der Waals surface area contributed by atoms with Gasteiger partial charge in [0.2, 0.25) is 0 Å². The maximum atomic E-state index is 13.2. The predicted molar refractivity (Wildman–Crippen MR) is 119 cm³/mol. The number of aromatic amines is 1. The van der Waals surface area contributed by atoms with E-state index in [0.29, 0.717) is 6.42 Å². The molecule has 35 heavy (non-hydrogen) atoms. The summed E-state index contributed by atoms with van der Waals surface area (Å²) in [6.45, 7) is 7.91. The number of carbonyl (C=O) groups is 1. The Hall–Kier alpha value is -1.53. The second-order valence-electron chi connectivity index (χ2n) is 12.4. The average molecular weight is 494 g/mol. The summed E-state index contributed by atoms with van der Waals surface area (Å²) >= 11 is 0. The molecule has 7 N–H and O–H groups in total. The van der Waals surface area contributed by atoms with Gasteiger partial charge in [0, 0.05) is 18.0 Å². The zero-order chi connectivity index (χ0) is 25.8. The van der Waals surface area contributed by atoms with Crippen molar-refractivity contribution in [2.24, 2.45) is 22.7 Å². The minimum Gasteiger partial charge on any atom is -0.451 e. The van der Waals surface area contributed by atoms with E-state index in [1.165, 1.54) is 26.1 Å². The van der Waals surface area contributed by atoms with E-state index in [9.17, 15) is 35.4 Å². The quantitative estimate of drug-likeness (QED) is 0.282. The largest absolute Gasteiger partial charge is 0.451 e. The molecule has 1 spiro atoms. The number of esters is 1. The van der Waals surface area contributed by atoms with E-state index in [4.69, 9.17) is 9.47 Å². The molecule has 3 heterocycles. The summed E-state index contributed by atoms with van der Waals surface area (Å²) in [6, 6.07) is 3.06. The number of aliphatic hydroxyl groups is 6. The van der Waals surface area contributed by atoms with Crippen LogP contribution in [0.5, 0.6) is 0 Å². The van der Waals surface area contributed by atoms with Crippen molar-refractivity contribution in [3.63, 3.8) is 0 Å². The highest BCUT2D eigenvalue weighted by molar-refractivity contribution is 5.87. The summed E-state index contributed by atoms with van der Waals surface area (Å²) in [5.74, 6) is -4.34. The van der Waals surface area contributed by atoms with Gasteiger partial charge in [-0.15, -0.1) is 0 Å². The highest BCUT2D eigenvalue weighted by Crippen LogP contribution is 2.90.